The van der Waals surface area contributed by atoms with E-state index in [1.54, 1.807) is 24.3 Å². The number of para-hydroxylation sites is 1. The second-order valence-electron chi connectivity index (χ2n) is 4.34. The van der Waals surface area contributed by atoms with E-state index in [0.29, 0.717) is 10.9 Å². The predicted molar refractivity (Wildman–Crippen MR) is 77.9 cm³/mol. The van der Waals surface area contributed by atoms with E-state index < -0.39 is 16.6 Å². The van der Waals surface area contributed by atoms with Crippen molar-refractivity contribution in [2.45, 2.75) is 0 Å². The summed E-state index contributed by atoms with van der Waals surface area (Å²) < 4.78 is 0. The van der Waals surface area contributed by atoms with Crippen LogP contribution in [0.2, 0.25) is 5.15 Å². The van der Waals surface area contributed by atoms with Crippen molar-refractivity contribution in [3.63, 3.8) is 0 Å². The lowest BCUT2D eigenvalue weighted by Crippen LogP contribution is -2.02. The lowest BCUT2D eigenvalue weighted by molar-refractivity contribution is -0.384. The molecular weight excluding hydrogens is 312 g/mol. The summed E-state index contributed by atoms with van der Waals surface area (Å²) in [4.78, 5) is 32.3. The Labute approximate surface area is 127 Å². The summed E-state index contributed by atoms with van der Waals surface area (Å²) in [5, 5.41) is 20.7. The maximum Gasteiger partial charge on any atom is 0.338 e. The molecule has 22 heavy (non-hydrogen) atoms. The van der Waals surface area contributed by atoms with Crippen LogP contribution in [0.1, 0.15) is 10.4 Å². The van der Waals surface area contributed by atoms with Gasteiger partial charge in [-0.15, -0.1) is 0 Å². The van der Waals surface area contributed by atoms with Crippen LogP contribution in [0.3, 0.4) is 0 Å². The third-order valence-electron chi connectivity index (χ3n) is 3.12. The molecule has 0 saturated heterocycles. The fourth-order valence-corrected chi connectivity index (χ4v) is 2.45. The second kappa shape index (κ2) is 5.08. The van der Waals surface area contributed by atoms with E-state index in [4.69, 9.17) is 11.6 Å². The SMILES string of the molecule is O=C(O)c1c(-c2ncnc(Cl)c2[N+](=O)[O-])[nH]c2ccccc12. The number of aromatic nitrogens is 3. The number of nitrogens with one attached hydrogen (secondary N) is 1. The smallest absolute Gasteiger partial charge is 0.338 e. The first-order chi connectivity index (χ1) is 10.5. The van der Waals surface area contributed by atoms with Crippen LogP contribution < -0.4 is 0 Å². The summed E-state index contributed by atoms with van der Waals surface area (Å²) in [5.74, 6) is -1.23. The number of fused-ring (bicyclic) bond motifs is 1. The van der Waals surface area contributed by atoms with Gasteiger partial charge in [0.05, 0.1) is 16.2 Å². The number of carboxylic acids is 1. The summed E-state index contributed by atoms with van der Waals surface area (Å²) in [7, 11) is 0. The highest BCUT2D eigenvalue weighted by Crippen LogP contribution is 2.36. The van der Waals surface area contributed by atoms with Crippen LogP contribution in [0.25, 0.3) is 22.3 Å². The zero-order chi connectivity index (χ0) is 15.9. The minimum absolute atomic E-state index is 0.0182. The number of aromatic amines is 1. The highest BCUT2D eigenvalue weighted by Gasteiger charge is 2.28. The molecule has 0 bridgehead atoms. The fourth-order valence-electron chi connectivity index (χ4n) is 2.24. The first-order valence-electron chi connectivity index (χ1n) is 6.00. The van der Waals surface area contributed by atoms with E-state index in [0.717, 1.165) is 6.33 Å². The summed E-state index contributed by atoms with van der Waals surface area (Å²) >= 11 is 5.75. The number of rotatable bonds is 3. The molecule has 0 saturated carbocycles. The van der Waals surface area contributed by atoms with Gasteiger partial charge < -0.3 is 10.1 Å². The van der Waals surface area contributed by atoms with Gasteiger partial charge in [0, 0.05) is 10.9 Å². The quantitative estimate of drug-likeness (QED) is 0.435. The Morgan fingerprint density at radius 2 is 2.05 bits per heavy atom. The van der Waals surface area contributed by atoms with Crippen molar-refractivity contribution in [1.29, 1.82) is 0 Å². The lowest BCUT2D eigenvalue weighted by atomic mass is 10.1. The summed E-state index contributed by atoms with van der Waals surface area (Å²) in [6.45, 7) is 0. The Balaban J connectivity index is 2.41. The maximum atomic E-state index is 11.6. The average molecular weight is 319 g/mol. The Morgan fingerprint density at radius 1 is 1.32 bits per heavy atom. The lowest BCUT2D eigenvalue weighted by Gasteiger charge is -2.02. The molecule has 1 aromatic carbocycles. The Hall–Kier alpha value is -3.00. The Kier molecular flexibility index (Phi) is 3.22. The number of nitro groups is 1. The zero-order valence-corrected chi connectivity index (χ0v) is 11.5. The molecule has 0 aliphatic heterocycles. The molecule has 2 N–H and O–H groups in total. The molecule has 0 aliphatic rings. The van der Waals surface area contributed by atoms with Crippen molar-refractivity contribution in [1.82, 2.24) is 15.0 Å². The van der Waals surface area contributed by atoms with Crippen LogP contribution in [0, 0.1) is 10.1 Å². The molecule has 0 fully saturated rings. The molecule has 0 spiro atoms. The first kappa shape index (κ1) is 14.0. The highest BCUT2D eigenvalue weighted by atomic mass is 35.5. The fraction of sp³-hybridized carbons (Fsp3) is 0. The first-order valence-corrected chi connectivity index (χ1v) is 6.37. The van der Waals surface area contributed by atoms with Gasteiger partial charge in [-0.05, 0) is 6.07 Å². The van der Waals surface area contributed by atoms with Crippen LogP contribution in [0.4, 0.5) is 5.69 Å². The topological polar surface area (TPSA) is 122 Å². The van der Waals surface area contributed by atoms with Gasteiger partial charge in [0.15, 0.2) is 5.69 Å². The Bertz CT molecular complexity index is 922. The Morgan fingerprint density at radius 3 is 2.73 bits per heavy atom. The van der Waals surface area contributed by atoms with E-state index in [1.807, 2.05) is 0 Å². The van der Waals surface area contributed by atoms with Crippen molar-refractivity contribution in [2.24, 2.45) is 0 Å². The number of carbonyl (C=O) groups is 1. The van der Waals surface area contributed by atoms with Crippen LogP contribution in [-0.4, -0.2) is 31.0 Å². The van der Waals surface area contributed by atoms with E-state index in [9.17, 15) is 20.0 Å². The van der Waals surface area contributed by atoms with Crippen molar-refractivity contribution >= 4 is 34.2 Å². The molecule has 0 amide bonds. The van der Waals surface area contributed by atoms with Gasteiger partial charge in [-0.2, -0.15) is 0 Å². The number of halogens is 1. The van der Waals surface area contributed by atoms with Gasteiger partial charge in [-0.3, -0.25) is 10.1 Å². The average Bonchev–Trinajstić information content (AvgIpc) is 2.85. The molecule has 110 valence electrons. The summed E-state index contributed by atoms with van der Waals surface area (Å²) in [6.07, 6.45) is 1.04. The normalized spacial score (nSPS) is 10.8. The molecule has 0 aliphatic carbocycles. The minimum atomic E-state index is -1.23. The van der Waals surface area contributed by atoms with Gasteiger partial charge in [0.2, 0.25) is 5.15 Å². The van der Waals surface area contributed by atoms with Gasteiger partial charge in [-0.25, -0.2) is 14.8 Å². The maximum absolute atomic E-state index is 11.6. The number of hydrogen-bond acceptors (Lipinski definition) is 5. The summed E-state index contributed by atoms with van der Waals surface area (Å²) in [6, 6.07) is 6.66. The van der Waals surface area contributed by atoms with Crippen molar-refractivity contribution in [2.75, 3.05) is 0 Å². The molecule has 0 unspecified atom stereocenters. The predicted octanol–water partition coefficient (Wildman–Crippen LogP) is 2.88. The largest absolute Gasteiger partial charge is 0.478 e. The van der Waals surface area contributed by atoms with E-state index in [1.165, 1.54) is 0 Å². The minimum Gasteiger partial charge on any atom is -0.478 e. The molecule has 3 rings (SSSR count). The van der Waals surface area contributed by atoms with Crippen LogP contribution in [-0.2, 0) is 0 Å². The zero-order valence-electron chi connectivity index (χ0n) is 10.8. The molecule has 0 atom stereocenters. The van der Waals surface area contributed by atoms with Crippen LogP contribution in [0.15, 0.2) is 30.6 Å². The number of aromatic carboxylic acids is 1. The summed E-state index contributed by atoms with van der Waals surface area (Å²) in [5.41, 5.74) is -0.270. The van der Waals surface area contributed by atoms with E-state index >= 15 is 0 Å². The molecule has 3 aromatic rings. The van der Waals surface area contributed by atoms with Crippen LogP contribution in [0.5, 0.6) is 0 Å². The molecule has 0 radical (unpaired) electrons. The number of hydrogen-bond donors (Lipinski definition) is 2. The molecular formula is C13H7ClN4O4. The van der Waals surface area contributed by atoms with Crippen molar-refractivity contribution in [3.8, 4) is 11.4 Å². The standard InChI is InChI=1S/C13H7ClN4O4/c14-12-11(18(21)22)10(15-5-16-12)9-8(13(19)20)6-3-1-2-4-7(6)17-9/h1-5,17H,(H,19,20). The number of carboxylic acid groups (broad SMARTS) is 1. The van der Waals surface area contributed by atoms with Gasteiger partial charge in [0.1, 0.15) is 6.33 Å². The molecule has 2 aromatic heterocycles. The molecule has 2 heterocycles. The van der Waals surface area contributed by atoms with Gasteiger partial charge >= 0.3 is 11.7 Å². The monoisotopic (exact) mass is 318 g/mol. The molecule has 8 nitrogen and oxygen atoms in total. The van der Waals surface area contributed by atoms with E-state index in [2.05, 4.69) is 15.0 Å². The van der Waals surface area contributed by atoms with Gasteiger partial charge in [0.25, 0.3) is 0 Å². The van der Waals surface area contributed by atoms with Crippen molar-refractivity contribution in [3.05, 3.63) is 51.4 Å². The molecule has 9 heteroatoms. The third kappa shape index (κ3) is 2.06. The second-order valence-corrected chi connectivity index (χ2v) is 4.70. The number of H-pyrrole nitrogens is 1. The van der Waals surface area contributed by atoms with Crippen molar-refractivity contribution < 1.29 is 14.8 Å². The highest BCUT2D eigenvalue weighted by molar-refractivity contribution is 6.32. The van der Waals surface area contributed by atoms with Gasteiger partial charge in [-0.1, -0.05) is 29.8 Å². The van der Waals surface area contributed by atoms with E-state index in [-0.39, 0.29) is 22.1 Å². The number of benzene rings is 1. The third-order valence-corrected chi connectivity index (χ3v) is 3.39. The van der Waals surface area contributed by atoms with Crippen LogP contribution >= 0.6 is 11.6 Å². The number of nitrogens with zero attached hydrogens (tertiary/aromatic N) is 3.